The number of carbonyl (C=O) groups is 1. The summed E-state index contributed by atoms with van der Waals surface area (Å²) in [6.45, 7) is 8.06. The molecule has 2 aliphatic heterocycles. The molecule has 0 atom stereocenters. The molecule has 0 saturated carbocycles. The van der Waals surface area contributed by atoms with Crippen LogP contribution in [0.4, 0.5) is 0 Å². The van der Waals surface area contributed by atoms with Gasteiger partial charge in [0.15, 0.2) is 0 Å². The zero-order chi connectivity index (χ0) is 16.0. The van der Waals surface area contributed by atoms with Crippen molar-refractivity contribution in [2.45, 2.75) is 32.9 Å². The lowest BCUT2D eigenvalue weighted by Crippen LogP contribution is -2.61. The van der Waals surface area contributed by atoms with Gasteiger partial charge in [0.2, 0.25) is 0 Å². The predicted molar refractivity (Wildman–Crippen MR) is 94.0 cm³/mol. The van der Waals surface area contributed by atoms with Crippen LogP contribution in [0.5, 0.6) is 0 Å². The smallest absolute Gasteiger partial charge is 0.253 e. The first-order valence-electron chi connectivity index (χ1n) is 8.27. The molecule has 0 unspecified atom stereocenters. The number of hydrogen-bond donors (Lipinski definition) is 0. The van der Waals surface area contributed by atoms with Crippen LogP contribution in [-0.4, -0.2) is 41.4 Å². The van der Waals surface area contributed by atoms with E-state index in [2.05, 4.69) is 30.2 Å². The second-order valence-electron chi connectivity index (χ2n) is 6.75. The molecule has 1 fully saturated rings. The molecule has 3 heterocycles. The fourth-order valence-electron chi connectivity index (χ4n) is 3.49. The van der Waals surface area contributed by atoms with E-state index in [0.29, 0.717) is 6.04 Å². The monoisotopic (exact) mass is 326 g/mol. The van der Waals surface area contributed by atoms with Gasteiger partial charge >= 0.3 is 0 Å². The van der Waals surface area contributed by atoms with Crippen molar-refractivity contribution >= 4 is 17.2 Å². The van der Waals surface area contributed by atoms with Crippen LogP contribution >= 0.6 is 11.3 Å². The van der Waals surface area contributed by atoms with Gasteiger partial charge in [0.05, 0.1) is 0 Å². The summed E-state index contributed by atoms with van der Waals surface area (Å²) in [7, 11) is 0. The highest BCUT2D eigenvalue weighted by Crippen LogP contribution is 2.28. The number of hydrogen-bond acceptors (Lipinski definition) is 3. The highest BCUT2D eigenvalue weighted by molar-refractivity contribution is 7.10. The minimum absolute atomic E-state index is 0.178. The molecular formula is C19H22N2OS. The number of rotatable bonds is 2. The van der Waals surface area contributed by atoms with E-state index in [0.717, 1.165) is 38.2 Å². The van der Waals surface area contributed by atoms with Crippen LogP contribution < -0.4 is 0 Å². The number of carbonyl (C=O) groups excluding carboxylic acids is 1. The largest absolute Gasteiger partial charge is 0.335 e. The number of amides is 1. The zero-order valence-corrected chi connectivity index (χ0v) is 14.5. The number of benzene rings is 1. The molecule has 1 aromatic carbocycles. The van der Waals surface area contributed by atoms with Gasteiger partial charge in [0, 0.05) is 42.7 Å². The van der Waals surface area contributed by atoms with Gasteiger partial charge in [-0.3, -0.25) is 9.69 Å². The maximum atomic E-state index is 12.6. The molecule has 1 saturated heterocycles. The van der Waals surface area contributed by atoms with Crippen LogP contribution in [0.2, 0.25) is 0 Å². The summed E-state index contributed by atoms with van der Waals surface area (Å²) >= 11 is 1.88. The van der Waals surface area contributed by atoms with Crippen molar-refractivity contribution in [1.29, 1.82) is 0 Å². The number of fused-ring (bicyclic) bond motifs is 1. The van der Waals surface area contributed by atoms with E-state index >= 15 is 0 Å². The first kappa shape index (κ1) is 14.9. The predicted octanol–water partition coefficient (Wildman–Crippen LogP) is 3.25. The van der Waals surface area contributed by atoms with Gasteiger partial charge in [-0.2, -0.15) is 0 Å². The van der Waals surface area contributed by atoms with Crippen LogP contribution in [0.3, 0.4) is 0 Å². The highest BCUT2D eigenvalue weighted by Gasteiger charge is 2.36. The van der Waals surface area contributed by atoms with E-state index in [-0.39, 0.29) is 5.91 Å². The molecule has 0 radical (unpaired) electrons. The first-order chi connectivity index (χ1) is 11.1. The summed E-state index contributed by atoms with van der Waals surface area (Å²) in [5, 5.41) is 2.20. The van der Waals surface area contributed by atoms with E-state index < -0.39 is 0 Å². The topological polar surface area (TPSA) is 23.6 Å². The summed E-state index contributed by atoms with van der Waals surface area (Å²) < 4.78 is 0. The van der Waals surface area contributed by atoms with Crippen LogP contribution in [0, 0.1) is 13.8 Å². The molecule has 0 spiro atoms. The van der Waals surface area contributed by atoms with Crippen LogP contribution in [0.25, 0.3) is 0 Å². The van der Waals surface area contributed by atoms with Gasteiger partial charge in [0.25, 0.3) is 5.91 Å². The molecule has 0 aliphatic carbocycles. The molecular weight excluding hydrogens is 304 g/mol. The Morgan fingerprint density at radius 3 is 2.78 bits per heavy atom. The van der Waals surface area contributed by atoms with Crippen molar-refractivity contribution in [3.8, 4) is 0 Å². The molecule has 120 valence electrons. The Labute approximate surface area is 141 Å². The van der Waals surface area contributed by atoms with Gasteiger partial charge in [-0.05, 0) is 60.5 Å². The molecule has 3 nitrogen and oxygen atoms in total. The summed E-state index contributed by atoms with van der Waals surface area (Å²) in [5.41, 5.74) is 4.74. The average Bonchev–Trinajstić information content (AvgIpc) is 2.96. The molecule has 4 rings (SSSR count). The Bertz CT molecular complexity index is 746. The third kappa shape index (κ3) is 2.70. The van der Waals surface area contributed by atoms with E-state index in [9.17, 15) is 4.79 Å². The third-order valence-electron chi connectivity index (χ3n) is 5.26. The highest BCUT2D eigenvalue weighted by atomic mass is 32.1. The van der Waals surface area contributed by atoms with Crippen LogP contribution in [-0.2, 0) is 13.0 Å². The molecule has 2 aliphatic rings. The van der Waals surface area contributed by atoms with Crippen molar-refractivity contribution in [3.05, 3.63) is 56.8 Å². The number of aryl methyl sites for hydroxylation is 2. The Kier molecular flexibility index (Phi) is 3.74. The fourth-order valence-corrected chi connectivity index (χ4v) is 4.38. The second kappa shape index (κ2) is 5.77. The lowest BCUT2D eigenvalue weighted by molar-refractivity contribution is 0.0221. The molecule has 2 aromatic rings. The van der Waals surface area contributed by atoms with Gasteiger partial charge in [-0.25, -0.2) is 0 Å². The van der Waals surface area contributed by atoms with E-state index in [1.807, 2.05) is 34.4 Å². The van der Waals surface area contributed by atoms with Crippen LogP contribution in [0.15, 0.2) is 29.6 Å². The van der Waals surface area contributed by atoms with Gasteiger partial charge < -0.3 is 4.90 Å². The fraction of sp³-hybridized carbons (Fsp3) is 0.421. The first-order valence-corrected chi connectivity index (χ1v) is 9.15. The Hall–Kier alpha value is -1.65. The molecule has 1 aromatic heterocycles. The van der Waals surface area contributed by atoms with Gasteiger partial charge in [-0.1, -0.05) is 6.07 Å². The van der Waals surface area contributed by atoms with Crippen molar-refractivity contribution in [3.63, 3.8) is 0 Å². The van der Waals surface area contributed by atoms with E-state index in [1.54, 1.807) is 4.88 Å². The molecule has 23 heavy (non-hydrogen) atoms. The lowest BCUT2D eigenvalue weighted by Gasteiger charge is -2.46. The summed E-state index contributed by atoms with van der Waals surface area (Å²) in [4.78, 5) is 18.7. The van der Waals surface area contributed by atoms with Gasteiger partial charge in [0.1, 0.15) is 0 Å². The SMILES string of the molecule is Cc1ccc(C(=O)N2CC(N3CCc4sccc4C3)C2)cc1C. The Balaban J connectivity index is 1.38. The number of nitrogens with zero attached hydrogens (tertiary/aromatic N) is 2. The summed E-state index contributed by atoms with van der Waals surface area (Å²) in [6, 6.07) is 8.80. The van der Waals surface area contributed by atoms with Crippen molar-refractivity contribution in [2.24, 2.45) is 0 Å². The maximum Gasteiger partial charge on any atom is 0.253 e. The zero-order valence-electron chi connectivity index (χ0n) is 13.7. The Morgan fingerprint density at radius 2 is 2.00 bits per heavy atom. The van der Waals surface area contributed by atoms with Crippen molar-refractivity contribution in [1.82, 2.24) is 9.80 Å². The average molecular weight is 326 g/mol. The minimum Gasteiger partial charge on any atom is -0.335 e. The number of thiophene rings is 1. The molecule has 0 bridgehead atoms. The van der Waals surface area contributed by atoms with Crippen molar-refractivity contribution < 1.29 is 4.79 Å². The Morgan fingerprint density at radius 1 is 1.17 bits per heavy atom. The number of likely N-dealkylation sites (tertiary alicyclic amines) is 1. The summed E-state index contributed by atoms with van der Waals surface area (Å²) in [6.07, 6.45) is 1.16. The third-order valence-corrected chi connectivity index (χ3v) is 6.28. The molecule has 4 heteroatoms. The van der Waals surface area contributed by atoms with E-state index in [1.165, 1.54) is 16.7 Å². The standard InChI is InChI=1S/C19H22N2OS/c1-13-3-4-15(9-14(13)2)19(22)21-11-17(12-21)20-7-5-18-16(10-20)6-8-23-18/h3-4,6,8-9,17H,5,7,10-12H2,1-2H3. The van der Waals surface area contributed by atoms with Crippen molar-refractivity contribution in [2.75, 3.05) is 19.6 Å². The minimum atomic E-state index is 0.178. The quantitative estimate of drug-likeness (QED) is 0.846. The van der Waals surface area contributed by atoms with Crippen LogP contribution in [0.1, 0.15) is 31.9 Å². The maximum absolute atomic E-state index is 12.6. The molecule has 0 N–H and O–H groups in total. The van der Waals surface area contributed by atoms with E-state index in [4.69, 9.17) is 0 Å². The lowest BCUT2D eigenvalue weighted by atomic mass is 10.00. The van der Waals surface area contributed by atoms with Gasteiger partial charge in [-0.15, -0.1) is 11.3 Å². The second-order valence-corrected chi connectivity index (χ2v) is 7.75. The summed E-state index contributed by atoms with van der Waals surface area (Å²) in [5.74, 6) is 0.178. The normalized spacial score (nSPS) is 18.6. The molecule has 1 amide bonds.